The first kappa shape index (κ1) is 14.4. The number of fused-ring (bicyclic) bond motifs is 1. The fourth-order valence-corrected chi connectivity index (χ4v) is 2.17. The number of pyridine rings is 1. The van der Waals surface area contributed by atoms with E-state index in [2.05, 4.69) is 10.3 Å². The molecule has 1 atom stereocenters. The molecule has 2 N–H and O–H groups in total. The van der Waals surface area contributed by atoms with Gasteiger partial charge in [-0.05, 0) is 30.2 Å². The number of carbonyl (C=O) groups is 1. The van der Waals surface area contributed by atoms with Crippen LogP contribution in [0.15, 0.2) is 30.5 Å². The predicted molar refractivity (Wildman–Crippen MR) is 74.9 cm³/mol. The van der Waals surface area contributed by atoms with E-state index in [0.717, 1.165) is 12.0 Å². The van der Waals surface area contributed by atoms with E-state index < -0.39 is 12.0 Å². The van der Waals surface area contributed by atoms with Gasteiger partial charge in [-0.15, -0.1) is 0 Å². The summed E-state index contributed by atoms with van der Waals surface area (Å²) in [5.41, 5.74) is 1.37. The average molecular weight is 276 g/mol. The number of rotatable bonds is 6. The smallest absolute Gasteiger partial charge is 0.320 e. The Kier molecular flexibility index (Phi) is 4.63. The highest BCUT2D eigenvalue weighted by atomic mass is 19.1. The molecule has 1 unspecified atom stereocenters. The van der Waals surface area contributed by atoms with Crippen LogP contribution in [-0.2, 0) is 11.3 Å². The van der Waals surface area contributed by atoms with Gasteiger partial charge in [0.2, 0.25) is 0 Å². The lowest BCUT2D eigenvalue weighted by Crippen LogP contribution is -2.36. The summed E-state index contributed by atoms with van der Waals surface area (Å²) >= 11 is 0. The van der Waals surface area contributed by atoms with Crippen LogP contribution in [0.3, 0.4) is 0 Å². The topological polar surface area (TPSA) is 62.2 Å². The SMILES string of the molecule is CCCC(NCc1ccc(F)c2cccnc12)C(=O)O. The molecular weight excluding hydrogens is 259 g/mol. The molecule has 20 heavy (non-hydrogen) atoms. The first-order valence-electron chi connectivity index (χ1n) is 6.61. The normalized spacial score (nSPS) is 12.5. The van der Waals surface area contributed by atoms with E-state index in [-0.39, 0.29) is 5.82 Å². The van der Waals surface area contributed by atoms with E-state index in [9.17, 15) is 9.18 Å². The quantitative estimate of drug-likeness (QED) is 0.851. The van der Waals surface area contributed by atoms with Gasteiger partial charge < -0.3 is 10.4 Å². The van der Waals surface area contributed by atoms with Gasteiger partial charge in [-0.3, -0.25) is 9.78 Å². The number of benzene rings is 1. The number of aliphatic carboxylic acids is 1. The maximum absolute atomic E-state index is 13.7. The minimum Gasteiger partial charge on any atom is -0.480 e. The van der Waals surface area contributed by atoms with Crippen LogP contribution in [0.5, 0.6) is 0 Å². The van der Waals surface area contributed by atoms with Gasteiger partial charge in [0.15, 0.2) is 0 Å². The Hall–Kier alpha value is -2.01. The van der Waals surface area contributed by atoms with Crippen LogP contribution in [0.2, 0.25) is 0 Å². The van der Waals surface area contributed by atoms with Gasteiger partial charge in [0.25, 0.3) is 0 Å². The molecule has 0 fully saturated rings. The van der Waals surface area contributed by atoms with Crippen LogP contribution < -0.4 is 5.32 Å². The zero-order valence-corrected chi connectivity index (χ0v) is 11.3. The molecule has 0 saturated carbocycles. The molecule has 0 bridgehead atoms. The van der Waals surface area contributed by atoms with Gasteiger partial charge in [0.05, 0.1) is 5.52 Å². The Morgan fingerprint density at radius 2 is 2.25 bits per heavy atom. The predicted octanol–water partition coefficient (Wildman–Crippen LogP) is 2.72. The molecule has 4 nitrogen and oxygen atoms in total. The molecule has 0 aliphatic carbocycles. The summed E-state index contributed by atoms with van der Waals surface area (Å²) in [5.74, 6) is -1.19. The lowest BCUT2D eigenvalue weighted by atomic mass is 10.1. The second-order valence-electron chi connectivity index (χ2n) is 4.67. The van der Waals surface area contributed by atoms with E-state index in [1.54, 1.807) is 24.4 Å². The Balaban J connectivity index is 2.22. The van der Waals surface area contributed by atoms with E-state index in [0.29, 0.717) is 23.9 Å². The van der Waals surface area contributed by atoms with Gasteiger partial charge in [-0.1, -0.05) is 19.4 Å². The Bertz CT molecular complexity index is 616. The Morgan fingerprint density at radius 1 is 1.45 bits per heavy atom. The summed E-state index contributed by atoms with van der Waals surface area (Å²) in [5, 5.41) is 12.5. The molecule has 0 aliphatic rings. The third-order valence-electron chi connectivity index (χ3n) is 3.21. The van der Waals surface area contributed by atoms with Crippen molar-refractivity contribution in [3.63, 3.8) is 0 Å². The van der Waals surface area contributed by atoms with Crippen molar-refractivity contribution in [3.8, 4) is 0 Å². The van der Waals surface area contributed by atoms with Crippen molar-refractivity contribution in [3.05, 3.63) is 41.8 Å². The summed E-state index contributed by atoms with van der Waals surface area (Å²) in [6.07, 6.45) is 2.94. The van der Waals surface area contributed by atoms with E-state index >= 15 is 0 Å². The van der Waals surface area contributed by atoms with E-state index in [1.807, 2.05) is 6.92 Å². The number of nitrogens with one attached hydrogen (secondary N) is 1. The van der Waals surface area contributed by atoms with Gasteiger partial charge >= 0.3 is 5.97 Å². The minimum absolute atomic E-state index is 0.319. The van der Waals surface area contributed by atoms with Crippen LogP contribution in [0.4, 0.5) is 4.39 Å². The van der Waals surface area contributed by atoms with Crippen molar-refractivity contribution >= 4 is 16.9 Å². The summed E-state index contributed by atoms with van der Waals surface area (Å²) in [7, 11) is 0. The fraction of sp³-hybridized carbons (Fsp3) is 0.333. The van der Waals surface area contributed by atoms with Crippen molar-refractivity contribution in [2.75, 3.05) is 0 Å². The summed E-state index contributed by atoms with van der Waals surface area (Å²) in [6.45, 7) is 2.29. The molecule has 106 valence electrons. The third kappa shape index (κ3) is 3.11. The van der Waals surface area contributed by atoms with Gasteiger partial charge in [-0.2, -0.15) is 0 Å². The van der Waals surface area contributed by atoms with Crippen LogP contribution in [-0.4, -0.2) is 22.1 Å². The molecule has 1 heterocycles. The van der Waals surface area contributed by atoms with Crippen molar-refractivity contribution < 1.29 is 14.3 Å². The molecule has 0 amide bonds. The monoisotopic (exact) mass is 276 g/mol. The zero-order chi connectivity index (χ0) is 14.5. The number of aromatic nitrogens is 1. The lowest BCUT2D eigenvalue weighted by molar-refractivity contribution is -0.139. The molecule has 0 aliphatic heterocycles. The summed E-state index contributed by atoms with van der Waals surface area (Å²) in [4.78, 5) is 15.3. The van der Waals surface area contributed by atoms with Crippen molar-refractivity contribution in [2.45, 2.75) is 32.4 Å². The lowest BCUT2D eigenvalue weighted by Gasteiger charge is -2.14. The number of hydrogen-bond donors (Lipinski definition) is 2. The Labute approximate surface area is 116 Å². The average Bonchev–Trinajstić information content (AvgIpc) is 2.45. The molecule has 2 rings (SSSR count). The van der Waals surface area contributed by atoms with Crippen molar-refractivity contribution in [1.82, 2.24) is 10.3 Å². The summed E-state index contributed by atoms with van der Waals surface area (Å²) < 4.78 is 13.7. The van der Waals surface area contributed by atoms with Crippen LogP contribution in [0, 0.1) is 5.82 Å². The fourth-order valence-electron chi connectivity index (χ4n) is 2.17. The highest BCUT2D eigenvalue weighted by Gasteiger charge is 2.16. The summed E-state index contributed by atoms with van der Waals surface area (Å²) in [6, 6.07) is 5.78. The molecule has 2 aromatic rings. The molecule has 0 spiro atoms. The standard InChI is InChI=1S/C15H17FN2O2/c1-2-4-13(15(19)20)18-9-10-6-7-12(16)11-5-3-8-17-14(10)11/h3,5-8,13,18H,2,4,9H2,1H3,(H,19,20). The maximum atomic E-state index is 13.7. The second-order valence-corrected chi connectivity index (χ2v) is 4.67. The van der Waals surface area contributed by atoms with Gasteiger partial charge in [0.1, 0.15) is 11.9 Å². The molecule has 5 heteroatoms. The largest absolute Gasteiger partial charge is 0.480 e. The van der Waals surface area contributed by atoms with Gasteiger partial charge in [-0.25, -0.2) is 4.39 Å². The van der Waals surface area contributed by atoms with Gasteiger partial charge in [0, 0.05) is 18.1 Å². The highest BCUT2D eigenvalue weighted by Crippen LogP contribution is 2.19. The van der Waals surface area contributed by atoms with Crippen LogP contribution in [0.1, 0.15) is 25.3 Å². The van der Waals surface area contributed by atoms with E-state index in [4.69, 9.17) is 5.11 Å². The second kappa shape index (κ2) is 6.43. The minimum atomic E-state index is -0.869. The van der Waals surface area contributed by atoms with Crippen LogP contribution in [0.25, 0.3) is 10.9 Å². The molecule has 0 saturated heterocycles. The number of nitrogens with zero attached hydrogens (tertiary/aromatic N) is 1. The maximum Gasteiger partial charge on any atom is 0.320 e. The van der Waals surface area contributed by atoms with Crippen molar-refractivity contribution in [1.29, 1.82) is 0 Å². The first-order chi connectivity index (χ1) is 9.63. The number of carboxylic acids is 1. The molecule has 1 aromatic carbocycles. The number of halogens is 1. The van der Waals surface area contributed by atoms with Crippen molar-refractivity contribution in [2.24, 2.45) is 0 Å². The first-order valence-corrected chi connectivity index (χ1v) is 6.61. The Morgan fingerprint density at radius 3 is 2.95 bits per heavy atom. The third-order valence-corrected chi connectivity index (χ3v) is 3.21. The number of carboxylic acid groups (broad SMARTS) is 1. The molecule has 0 radical (unpaired) electrons. The zero-order valence-electron chi connectivity index (χ0n) is 11.3. The number of hydrogen-bond acceptors (Lipinski definition) is 3. The van der Waals surface area contributed by atoms with Crippen LogP contribution >= 0.6 is 0 Å². The van der Waals surface area contributed by atoms with E-state index in [1.165, 1.54) is 6.07 Å². The molecular formula is C15H17FN2O2. The highest BCUT2D eigenvalue weighted by molar-refractivity contribution is 5.82. The molecule has 1 aromatic heterocycles.